The van der Waals surface area contributed by atoms with Crippen LogP contribution in [0.4, 0.5) is 22.7 Å². The van der Waals surface area contributed by atoms with Gasteiger partial charge in [0.25, 0.3) is 0 Å². The zero-order valence-corrected chi connectivity index (χ0v) is 18.3. The minimum absolute atomic E-state index is 0.872. The van der Waals surface area contributed by atoms with Gasteiger partial charge in [0.2, 0.25) is 0 Å². The van der Waals surface area contributed by atoms with E-state index in [1.54, 1.807) is 0 Å². The molecule has 0 aliphatic carbocycles. The van der Waals surface area contributed by atoms with Gasteiger partial charge in [-0.05, 0) is 53.1 Å². The molecule has 0 amide bonds. The summed E-state index contributed by atoms with van der Waals surface area (Å²) in [6.07, 6.45) is 0. The highest BCUT2D eigenvalue weighted by molar-refractivity contribution is 5.90. The molecule has 1 aliphatic heterocycles. The van der Waals surface area contributed by atoms with Crippen molar-refractivity contribution in [3.63, 3.8) is 0 Å². The minimum atomic E-state index is 0.872. The first-order chi connectivity index (χ1) is 16.4. The van der Waals surface area contributed by atoms with Gasteiger partial charge in [-0.3, -0.25) is 0 Å². The van der Waals surface area contributed by atoms with Crippen molar-refractivity contribution in [1.82, 2.24) is 0 Å². The number of hydrogen-bond acceptors (Lipinski definition) is 2. The third-order valence-corrected chi connectivity index (χ3v) is 6.28. The van der Waals surface area contributed by atoms with Crippen LogP contribution in [0.15, 0.2) is 127 Å². The van der Waals surface area contributed by atoms with Crippen LogP contribution in [-0.2, 0) is 6.54 Å². The lowest BCUT2D eigenvalue weighted by molar-refractivity contribution is 0.961. The highest BCUT2D eigenvalue weighted by Gasteiger charge is 2.23. The van der Waals surface area contributed by atoms with Crippen LogP contribution in [0.2, 0.25) is 0 Å². The van der Waals surface area contributed by atoms with Crippen LogP contribution in [0.5, 0.6) is 0 Å². The van der Waals surface area contributed by atoms with Crippen molar-refractivity contribution in [3.05, 3.63) is 133 Å². The summed E-state index contributed by atoms with van der Waals surface area (Å²) >= 11 is 0. The Bertz CT molecular complexity index is 1410. The van der Waals surface area contributed by atoms with Crippen molar-refractivity contribution in [2.75, 3.05) is 10.2 Å². The Morgan fingerprint density at radius 3 is 2.03 bits per heavy atom. The van der Waals surface area contributed by atoms with E-state index < -0.39 is 0 Å². The van der Waals surface area contributed by atoms with Gasteiger partial charge in [-0.25, -0.2) is 0 Å². The van der Waals surface area contributed by atoms with Crippen molar-refractivity contribution in [3.8, 4) is 22.3 Å². The second-order valence-electron chi connectivity index (χ2n) is 8.35. The van der Waals surface area contributed by atoms with Crippen LogP contribution in [-0.4, -0.2) is 0 Å². The largest absolute Gasteiger partial charge is 0.355 e. The van der Waals surface area contributed by atoms with E-state index in [1.165, 1.54) is 39.2 Å². The third-order valence-electron chi connectivity index (χ3n) is 6.28. The van der Waals surface area contributed by atoms with E-state index >= 15 is 0 Å². The van der Waals surface area contributed by atoms with Gasteiger partial charge in [0.1, 0.15) is 0 Å². The fourth-order valence-corrected chi connectivity index (χ4v) is 4.70. The fourth-order valence-electron chi connectivity index (χ4n) is 4.70. The van der Waals surface area contributed by atoms with Crippen molar-refractivity contribution < 1.29 is 0 Å². The van der Waals surface area contributed by atoms with E-state index in [0.717, 1.165) is 17.9 Å². The number of hydrogen-bond donors (Lipinski definition) is 1. The smallest absolute Gasteiger partial charge is 0.0495 e. The van der Waals surface area contributed by atoms with E-state index in [1.807, 2.05) is 0 Å². The highest BCUT2D eigenvalue weighted by Crippen LogP contribution is 2.44. The van der Waals surface area contributed by atoms with E-state index in [4.69, 9.17) is 0 Å². The average Bonchev–Trinajstić information content (AvgIpc) is 2.89. The molecule has 5 aromatic rings. The molecule has 0 saturated heterocycles. The quantitative estimate of drug-likeness (QED) is 0.311. The van der Waals surface area contributed by atoms with E-state index in [-0.39, 0.29) is 0 Å². The van der Waals surface area contributed by atoms with Gasteiger partial charge < -0.3 is 10.2 Å². The molecule has 0 unspecified atom stereocenters. The molecule has 0 spiro atoms. The Hall–Kier alpha value is -4.30. The standard InChI is InChI=1S/C31H24N2/c1-3-11-23(12-4-1)28-17-9-10-18-30(28)32-25-19-20-31-29(21-25)27-16-8-7-13-24(27)22-33(31)26-14-5-2-6-15-26/h1-21,32H,22H2. The Labute approximate surface area is 194 Å². The Balaban J connectivity index is 1.43. The van der Waals surface area contributed by atoms with Crippen molar-refractivity contribution in [1.29, 1.82) is 0 Å². The lowest BCUT2D eigenvalue weighted by Crippen LogP contribution is -2.21. The second-order valence-corrected chi connectivity index (χ2v) is 8.35. The van der Waals surface area contributed by atoms with Crippen molar-refractivity contribution in [2.45, 2.75) is 6.54 Å². The summed E-state index contributed by atoms with van der Waals surface area (Å²) in [5.41, 5.74) is 10.9. The Morgan fingerprint density at radius 1 is 0.545 bits per heavy atom. The molecule has 1 heterocycles. The van der Waals surface area contributed by atoms with Crippen LogP contribution < -0.4 is 10.2 Å². The second kappa shape index (κ2) is 8.33. The number of benzene rings is 5. The molecule has 1 N–H and O–H groups in total. The molecule has 0 atom stereocenters. The van der Waals surface area contributed by atoms with Gasteiger partial charge in [0.15, 0.2) is 0 Å². The maximum atomic E-state index is 3.69. The van der Waals surface area contributed by atoms with Crippen LogP contribution in [0.25, 0.3) is 22.3 Å². The van der Waals surface area contributed by atoms with Crippen LogP contribution in [0, 0.1) is 0 Å². The minimum Gasteiger partial charge on any atom is -0.355 e. The summed E-state index contributed by atoms with van der Waals surface area (Å²) < 4.78 is 0. The molecule has 0 radical (unpaired) electrons. The molecule has 0 fully saturated rings. The number of rotatable bonds is 4. The van der Waals surface area contributed by atoms with Gasteiger partial charge in [0, 0.05) is 40.4 Å². The zero-order chi connectivity index (χ0) is 22.0. The Kier molecular flexibility index (Phi) is 4.89. The first-order valence-electron chi connectivity index (χ1n) is 11.3. The summed E-state index contributed by atoms with van der Waals surface area (Å²) in [4.78, 5) is 2.40. The summed E-state index contributed by atoms with van der Waals surface area (Å²) in [6.45, 7) is 0.872. The van der Waals surface area contributed by atoms with Crippen LogP contribution in [0.3, 0.4) is 0 Å². The summed E-state index contributed by atoms with van der Waals surface area (Å²) in [5.74, 6) is 0. The molecule has 0 bridgehead atoms. The van der Waals surface area contributed by atoms with Gasteiger partial charge in [-0.1, -0.05) is 91.0 Å². The van der Waals surface area contributed by atoms with E-state index in [2.05, 4.69) is 138 Å². The van der Waals surface area contributed by atoms with Gasteiger partial charge in [0.05, 0.1) is 0 Å². The normalized spacial score (nSPS) is 12.1. The average molecular weight is 425 g/mol. The molecule has 6 rings (SSSR count). The van der Waals surface area contributed by atoms with E-state index in [0.29, 0.717) is 0 Å². The fraction of sp³-hybridized carbons (Fsp3) is 0.0323. The predicted molar refractivity (Wildman–Crippen MR) is 139 cm³/mol. The number of para-hydroxylation sites is 2. The Morgan fingerprint density at radius 2 is 1.21 bits per heavy atom. The molecule has 2 heteroatoms. The topological polar surface area (TPSA) is 15.3 Å². The predicted octanol–water partition coefficient (Wildman–Crippen LogP) is 8.42. The maximum absolute atomic E-state index is 3.69. The van der Waals surface area contributed by atoms with Crippen LogP contribution in [0.1, 0.15) is 5.56 Å². The SMILES string of the molecule is c1ccc(-c2ccccc2Nc2ccc3c(c2)-c2ccccc2CN3c2ccccc2)cc1. The lowest BCUT2D eigenvalue weighted by Gasteiger charge is -2.33. The molecular weight excluding hydrogens is 400 g/mol. The van der Waals surface area contributed by atoms with Crippen LogP contribution >= 0.6 is 0 Å². The van der Waals surface area contributed by atoms with Crippen molar-refractivity contribution >= 4 is 22.7 Å². The molecule has 0 saturated carbocycles. The summed E-state index contributed by atoms with van der Waals surface area (Å²) in [7, 11) is 0. The molecule has 2 nitrogen and oxygen atoms in total. The molecule has 33 heavy (non-hydrogen) atoms. The third kappa shape index (κ3) is 3.66. The maximum Gasteiger partial charge on any atom is 0.0495 e. The van der Waals surface area contributed by atoms with Gasteiger partial charge in [-0.15, -0.1) is 0 Å². The van der Waals surface area contributed by atoms with E-state index in [9.17, 15) is 0 Å². The summed E-state index contributed by atoms with van der Waals surface area (Å²) in [6, 6.07) is 45.1. The number of nitrogens with zero attached hydrogens (tertiary/aromatic N) is 1. The first kappa shape index (κ1) is 19.4. The van der Waals surface area contributed by atoms with Gasteiger partial charge >= 0.3 is 0 Å². The zero-order valence-electron chi connectivity index (χ0n) is 18.3. The molecule has 0 aromatic heterocycles. The van der Waals surface area contributed by atoms with Gasteiger partial charge in [-0.2, -0.15) is 0 Å². The highest BCUT2D eigenvalue weighted by atomic mass is 15.1. The number of anilines is 4. The number of fused-ring (bicyclic) bond motifs is 3. The van der Waals surface area contributed by atoms with Crippen molar-refractivity contribution in [2.24, 2.45) is 0 Å². The monoisotopic (exact) mass is 424 g/mol. The molecule has 5 aromatic carbocycles. The first-order valence-corrected chi connectivity index (χ1v) is 11.3. The number of nitrogens with one attached hydrogen (secondary N) is 1. The molecule has 1 aliphatic rings. The molecular formula is C31H24N2. The summed E-state index contributed by atoms with van der Waals surface area (Å²) in [5, 5.41) is 3.69. The molecule has 158 valence electrons. The lowest BCUT2D eigenvalue weighted by atomic mass is 9.92.